The first-order valence-corrected chi connectivity index (χ1v) is 7.98. The van der Waals surface area contributed by atoms with Crippen LogP contribution in [0.5, 0.6) is 5.75 Å². The maximum atomic E-state index is 10.8. The van der Waals surface area contributed by atoms with Crippen LogP contribution in [0.15, 0.2) is 12.1 Å². The molecule has 2 unspecified atom stereocenters. The van der Waals surface area contributed by atoms with E-state index in [4.69, 9.17) is 4.74 Å². The van der Waals surface area contributed by atoms with Gasteiger partial charge >= 0.3 is 0 Å². The number of nitrogens with zero attached hydrogens (tertiary/aromatic N) is 2. The van der Waals surface area contributed by atoms with Crippen molar-refractivity contribution < 1.29 is 9.84 Å². The lowest BCUT2D eigenvalue weighted by atomic mass is 9.93. The lowest BCUT2D eigenvalue weighted by molar-refractivity contribution is -0.0167. The van der Waals surface area contributed by atoms with E-state index in [0.29, 0.717) is 6.61 Å². The number of hydrogen-bond donors (Lipinski definition) is 1. The number of likely N-dealkylation sites (N-methyl/N-ethyl adjacent to an activating group) is 1. The number of rotatable bonds is 2. The molecule has 3 rings (SSSR count). The van der Waals surface area contributed by atoms with Gasteiger partial charge in [-0.15, -0.1) is 0 Å². The fourth-order valence-electron chi connectivity index (χ4n) is 3.59. The van der Waals surface area contributed by atoms with Gasteiger partial charge < -0.3 is 14.7 Å². The average Bonchev–Trinajstić information content (AvgIpc) is 2.48. The second-order valence-electron chi connectivity index (χ2n) is 6.29. The number of aliphatic hydroxyl groups excluding tert-OH is 1. The fourth-order valence-corrected chi connectivity index (χ4v) is 3.59. The van der Waals surface area contributed by atoms with Crippen LogP contribution < -0.4 is 4.74 Å². The highest BCUT2D eigenvalue weighted by Crippen LogP contribution is 2.37. The van der Waals surface area contributed by atoms with E-state index in [0.717, 1.165) is 49.6 Å². The third-order valence-corrected chi connectivity index (χ3v) is 4.85. The summed E-state index contributed by atoms with van der Waals surface area (Å²) in [5.74, 6) is 0.886. The van der Waals surface area contributed by atoms with Crippen molar-refractivity contribution >= 4 is 0 Å². The molecule has 116 valence electrons. The summed E-state index contributed by atoms with van der Waals surface area (Å²) < 4.78 is 5.98. The maximum absolute atomic E-state index is 10.8. The van der Waals surface area contributed by atoms with E-state index >= 15 is 0 Å². The molecule has 2 atom stereocenters. The van der Waals surface area contributed by atoms with Crippen LogP contribution in [-0.4, -0.2) is 60.3 Å². The summed E-state index contributed by atoms with van der Waals surface area (Å²) in [4.78, 5) is 4.84. The van der Waals surface area contributed by atoms with Gasteiger partial charge in [-0.2, -0.15) is 0 Å². The van der Waals surface area contributed by atoms with Crippen molar-refractivity contribution in [3.05, 3.63) is 28.8 Å². The fraction of sp³-hybridized carbons (Fsp3) is 0.647. The minimum atomic E-state index is -0.444. The zero-order valence-corrected chi connectivity index (χ0v) is 13.3. The third-order valence-electron chi connectivity index (χ3n) is 4.85. The second kappa shape index (κ2) is 5.95. The quantitative estimate of drug-likeness (QED) is 0.900. The molecule has 0 radical (unpaired) electrons. The summed E-state index contributed by atoms with van der Waals surface area (Å²) in [5.41, 5.74) is 3.27. The lowest BCUT2D eigenvalue weighted by Gasteiger charge is -2.43. The van der Waals surface area contributed by atoms with Gasteiger partial charge in [-0.05, 0) is 32.0 Å². The van der Waals surface area contributed by atoms with E-state index in [1.807, 2.05) is 0 Å². The lowest BCUT2D eigenvalue weighted by Crippen LogP contribution is -2.54. The van der Waals surface area contributed by atoms with E-state index in [1.165, 1.54) is 5.56 Å². The van der Waals surface area contributed by atoms with Gasteiger partial charge in [0.2, 0.25) is 0 Å². The standard InChI is InChI=1S/C17H26N2O2/c1-4-18-5-7-19(8-6-18)15-11-21-17-13(3)9-12(2)10-14(17)16(15)20/h9-10,15-16,20H,4-8,11H2,1-3H3. The van der Waals surface area contributed by atoms with Gasteiger partial charge in [-0.3, -0.25) is 4.90 Å². The molecule has 0 bridgehead atoms. The van der Waals surface area contributed by atoms with Gasteiger partial charge in [0.05, 0.1) is 6.04 Å². The van der Waals surface area contributed by atoms with E-state index in [9.17, 15) is 5.11 Å². The normalized spacial score (nSPS) is 27.2. The molecule has 2 aliphatic heterocycles. The number of ether oxygens (including phenoxy) is 1. The van der Waals surface area contributed by atoms with Crippen LogP contribution in [0.1, 0.15) is 29.7 Å². The zero-order valence-electron chi connectivity index (χ0n) is 13.3. The molecular formula is C17H26N2O2. The summed E-state index contributed by atoms with van der Waals surface area (Å²) in [6.07, 6.45) is -0.444. The van der Waals surface area contributed by atoms with Gasteiger partial charge in [-0.25, -0.2) is 0 Å². The molecule has 0 saturated carbocycles. The van der Waals surface area contributed by atoms with Crippen LogP contribution in [0.4, 0.5) is 0 Å². The summed E-state index contributed by atoms with van der Waals surface area (Å²) >= 11 is 0. The Balaban J connectivity index is 1.78. The molecule has 0 amide bonds. The second-order valence-corrected chi connectivity index (χ2v) is 6.29. The van der Waals surface area contributed by atoms with Crippen LogP contribution in [0.25, 0.3) is 0 Å². The first-order chi connectivity index (χ1) is 10.1. The highest BCUT2D eigenvalue weighted by atomic mass is 16.5. The average molecular weight is 290 g/mol. The molecule has 2 aliphatic rings. The van der Waals surface area contributed by atoms with Crippen molar-refractivity contribution in [2.24, 2.45) is 0 Å². The first kappa shape index (κ1) is 14.8. The number of aryl methyl sites for hydroxylation is 2. The highest BCUT2D eigenvalue weighted by molar-refractivity contribution is 5.46. The van der Waals surface area contributed by atoms with Crippen LogP contribution in [0.2, 0.25) is 0 Å². The third kappa shape index (κ3) is 2.80. The Morgan fingerprint density at radius 3 is 2.57 bits per heavy atom. The first-order valence-electron chi connectivity index (χ1n) is 7.98. The maximum Gasteiger partial charge on any atom is 0.128 e. The van der Waals surface area contributed by atoms with Gasteiger partial charge in [0, 0.05) is 31.7 Å². The molecule has 1 saturated heterocycles. The SMILES string of the molecule is CCN1CCN(C2COc3c(C)cc(C)cc3C2O)CC1. The summed E-state index contributed by atoms with van der Waals surface area (Å²) in [7, 11) is 0. The molecule has 2 heterocycles. The zero-order chi connectivity index (χ0) is 15.0. The molecule has 4 heteroatoms. The highest BCUT2D eigenvalue weighted by Gasteiger charge is 2.35. The van der Waals surface area contributed by atoms with Crippen LogP contribution >= 0.6 is 0 Å². The van der Waals surface area contributed by atoms with Crippen molar-refractivity contribution in [1.29, 1.82) is 0 Å². The molecule has 0 spiro atoms. The van der Waals surface area contributed by atoms with Crippen molar-refractivity contribution in [2.75, 3.05) is 39.3 Å². The van der Waals surface area contributed by atoms with E-state index in [-0.39, 0.29) is 6.04 Å². The van der Waals surface area contributed by atoms with Crippen LogP contribution in [-0.2, 0) is 0 Å². The smallest absolute Gasteiger partial charge is 0.128 e. The van der Waals surface area contributed by atoms with Gasteiger partial charge in [0.25, 0.3) is 0 Å². The minimum Gasteiger partial charge on any atom is -0.491 e. The molecule has 0 aliphatic carbocycles. The van der Waals surface area contributed by atoms with Crippen molar-refractivity contribution in [3.8, 4) is 5.75 Å². The summed E-state index contributed by atoms with van der Waals surface area (Å²) in [6, 6.07) is 4.27. The Morgan fingerprint density at radius 2 is 1.90 bits per heavy atom. The van der Waals surface area contributed by atoms with E-state index < -0.39 is 6.10 Å². The molecule has 1 aromatic rings. The van der Waals surface area contributed by atoms with Gasteiger partial charge in [0.1, 0.15) is 18.5 Å². The molecule has 0 aromatic heterocycles. The minimum absolute atomic E-state index is 0.0812. The van der Waals surface area contributed by atoms with Gasteiger partial charge in [0.15, 0.2) is 0 Å². The predicted octanol–water partition coefficient (Wildman–Crippen LogP) is 1.74. The molecular weight excluding hydrogens is 264 g/mol. The van der Waals surface area contributed by atoms with Crippen LogP contribution in [0.3, 0.4) is 0 Å². The van der Waals surface area contributed by atoms with Crippen molar-refractivity contribution in [3.63, 3.8) is 0 Å². The number of piperazine rings is 1. The molecule has 1 fully saturated rings. The van der Waals surface area contributed by atoms with Crippen molar-refractivity contribution in [1.82, 2.24) is 9.80 Å². The molecule has 21 heavy (non-hydrogen) atoms. The van der Waals surface area contributed by atoms with Crippen molar-refractivity contribution in [2.45, 2.75) is 32.9 Å². The summed E-state index contributed by atoms with van der Waals surface area (Å²) in [6.45, 7) is 12.2. The van der Waals surface area contributed by atoms with Crippen LogP contribution in [0, 0.1) is 13.8 Å². The number of aliphatic hydroxyl groups is 1. The van der Waals surface area contributed by atoms with E-state index in [1.54, 1.807) is 0 Å². The molecule has 1 aromatic carbocycles. The Bertz CT molecular complexity index is 510. The Labute approximate surface area is 127 Å². The monoisotopic (exact) mass is 290 g/mol. The number of fused-ring (bicyclic) bond motifs is 1. The Hall–Kier alpha value is -1.10. The van der Waals surface area contributed by atoms with E-state index in [2.05, 4.69) is 42.7 Å². The Morgan fingerprint density at radius 1 is 1.19 bits per heavy atom. The molecule has 4 nitrogen and oxygen atoms in total. The summed E-state index contributed by atoms with van der Waals surface area (Å²) in [5, 5.41) is 10.8. The van der Waals surface area contributed by atoms with Gasteiger partial charge in [-0.1, -0.05) is 18.6 Å². The molecule has 1 N–H and O–H groups in total. The Kier molecular flexibility index (Phi) is 4.20. The topological polar surface area (TPSA) is 35.9 Å². The predicted molar refractivity (Wildman–Crippen MR) is 83.8 cm³/mol. The number of benzene rings is 1. The largest absolute Gasteiger partial charge is 0.491 e. The number of hydrogen-bond acceptors (Lipinski definition) is 4.